The lowest BCUT2D eigenvalue weighted by atomic mass is 10.1. The molecule has 9 heteroatoms. The fourth-order valence-electron chi connectivity index (χ4n) is 2.75. The maximum Gasteiger partial charge on any atom is 0.265 e. The molecular formula is C19H21ClF2N6. The predicted molar refractivity (Wildman–Crippen MR) is 104 cm³/mol. The summed E-state index contributed by atoms with van der Waals surface area (Å²) in [5.41, 5.74) is 2.72. The van der Waals surface area contributed by atoms with E-state index in [0.717, 1.165) is 17.8 Å². The van der Waals surface area contributed by atoms with Gasteiger partial charge in [-0.25, -0.2) is 23.4 Å². The molecule has 3 rings (SSSR count). The average Bonchev–Trinajstić information content (AvgIpc) is 3.08. The van der Waals surface area contributed by atoms with Crippen molar-refractivity contribution < 1.29 is 8.78 Å². The Bertz CT molecular complexity index is 957. The minimum absolute atomic E-state index is 0.0227. The Morgan fingerprint density at radius 1 is 1.14 bits per heavy atom. The molecule has 28 heavy (non-hydrogen) atoms. The third kappa shape index (κ3) is 5.01. The Hall–Kier alpha value is -2.61. The summed E-state index contributed by atoms with van der Waals surface area (Å²) in [5, 5.41) is 11.2. The zero-order valence-corrected chi connectivity index (χ0v) is 16.6. The van der Waals surface area contributed by atoms with Crippen LogP contribution in [0.2, 0.25) is 5.02 Å². The Balaban J connectivity index is 1.72. The molecule has 0 fully saturated rings. The monoisotopic (exact) mass is 406 g/mol. The lowest BCUT2D eigenvalue weighted by molar-refractivity contribution is 0.151. The number of anilines is 1. The first-order valence-corrected chi connectivity index (χ1v) is 9.27. The van der Waals surface area contributed by atoms with E-state index in [1.807, 2.05) is 13.0 Å². The number of benzene rings is 1. The second-order valence-corrected chi connectivity index (χ2v) is 7.34. The molecule has 0 saturated carbocycles. The standard InChI is InChI=1S/C19H21ClF2N6/c1-11(2)6-13-7-12(3)24-19(25-13)23-9-14-10-28(27-26-14)15-4-5-17(20)16(8-15)18(21)22/h4-5,7-8,10-11,18H,6,9H2,1-3H3,(H,23,24,25). The summed E-state index contributed by atoms with van der Waals surface area (Å²) < 4.78 is 27.5. The highest BCUT2D eigenvalue weighted by Crippen LogP contribution is 2.28. The first kappa shape index (κ1) is 20.1. The van der Waals surface area contributed by atoms with Gasteiger partial charge >= 0.3 is 0 Å². The van der Waals surface area contributed by atoms with Gasteiger partial charge in [0.15, 0.2) is 0 Å². The molecule has 0 radical (unpaired) electrons. The van der Waals surface area contributed by atoms with Gasteiger partial charge in [0.1, 0.15) is 5.69 Å². The smallest absolute Gasteiger partial charge is 0.265 e. The van der Waals surface area contributed by atoms with Crippen molar-refractivity contribution in [3.8, 4) is 5.69 Å². The number of nitrogens with one attached hydrogen (secondary N) is 1. The maximum absolute atomic E-state index is 13.0. The third-order valence-corrected chi connectivity index (χ3v) is 4.32. The zero-order valence-electron chi connectivity index (χ0n) is 15.8. The van der Waals surface area contributed by atoms with Gasteiger partial charge in [-0.15, -0.1) is 5.10 Å². The van der Waals surface area contributed by atoms with Crippen molar-refractivity contribution >= 4 is 17.5 Å². The van der Waals surface area contributed by atoms with Gasteiger partial charge in [-0.2, -0.15) is 0 Å². The molecule has 6 nitrogen and oxygen atoms in total. The van der Waals surface area contributed by atoms with Crippen molar-refractivity contribution in [2.75, 3.05) is 5.32 Å². The van der Waals surface area contributed by atoms with E-state index in [2.05, 4.69) is 39.4 Å². The number of rotatable bonds is 7. The lowest BCUT2D eigenvalue weighted by Gasteiger charge is -2.08. The molecule has 0 saturated heterocycles. The topological polar surface area (TPSA) is 68.5 Å². The van der Waals surface area contributed by atoms with E-state index < -0.39 is 6.43 Å². The molecule has 0 aliphatic rings. The van der Waals surface area contributed by atoms with Crippen LogP contribution in [0.3, 0.4) is 0 Å². The largest absolute Gasteiger partial charge is 0.348 e. The van der Waals surface area contributed by atoms with E-state index in [1.54, 1.807) is 12.3 Å². The first-order valence-electron chi connectivity index (χ1n) is 8.89. The second-order valence-electron chi connectivity index (χ2n) is 6.94. The van der Waals surface area contributed by atoms with Gasteiger partial charge in [-0.3, -0.25) is 0 Å². The van der Waals surface area contributed by atoms with Crippen LogP contribution in [0.25, 0.3) is 5.69 Å². The highest BCUT2D eigenvalue weighted by atomic mass is 35.5. The van der Waals surface area contributed by atoms with Gasteiger partial charge in [0.05, 0.1) is 18.4 Å². The Labute approximate surface area is 167 Å². The molecule has 0 aliphatic heterocycles. The number of halogens is 3. The third-order valence-electron chi connectivity index (χ3n) is 3.97. The van der Waals surface area contributed by atoms with Crippen LogP contribution in [0.1, 0.15) is 42.9 Å². The van der Waals surface area contributed by atoms with Gasteiger partial charge in [0.2, 0.25) is 5.95 Å². The van der Waals surface area contributed by atoms with Crippen molar-refractivity contribution in [1.82, 2.24) is 25.0 Å². The number of hydrogen-bond acceptors (Lipinski definition) is 5. The number of aryl methyl sites for hydroxylation is 1. The Morgan fingerprint density at radius 3 is 2.64 bits per heavy atom. The molecule has 0 bridgehead atoms. The summed E-state index contributed by atoms with van der Waals surface area (Å²) in [6.07, 6.45) is -0.122. The van der Waals surface area contributed by atoms with Crippen molar-refractivity contribution in [1.29, 1.82) is 0 Å². The fraction of sp³-hybridized carbons (Fsp3) is 0.368. The van der Waals surface area contributed by atoms with Crippen molar-refractivity contribution in [3.05, 3.63) is 58.1 Å². The highest BCUT2D eigenvalue weighted by molar-refractivity contribution is 6.31. The van der Waals surface area contributed by atoms with Gasteiger partial charge in [0.25, 0.3) is 6.43 Å². The molecular weight excluding hydrogens is 386 g/mol. The minimum Gasteiger partial charge on any atom is -0.348 e. The summed E-state index contributed by atoms with van der Waals surface area (Å²) in [4.78, 5) is 8.91. The summed E-state index contributed by atoms with van der Waals surface area (Å²) in [6, 6.07) is 6.32. The molecule has 3 aromatic rings. The van der Waals surface area contributed by atoms with Crippen LogP contribution >= 0.6 is 11.6 Å². The molecule has 148 valence electrons. The molecule has 0 unspecified atom stereocenters. The second kappa shape index (κ2) is 8.60. The van der Waals surface area contributed by atoms with E-state index in [-0.39, 0.29) is 10.6 Å². The highest BCUT2D eigenvalue weighted by Gasteiger charge is 2.14. The van der Waals surface area contributed by atoms with E-state index >= 15 is 0 Å². The molecule has 0 aliphatic carbocycles. The normalized spacial score (nSPS) is 11.4. The van der Waals surface area contributed by atoms with E-state index in [9.17, 15) is 8.78 Å². The van der Waals surface area contributed by atoms with Crippen molar-refractivity contribution in [3.63, 3.8) is 0 Å². The number of hydrogen-bond donors (Lipinski definition) is 1. The lowest BCUT2D eigenvalue weighted by Crippen LogP contribution is -2.08. The summed E-state index contributed by atoms with van der Waals surface area (Å²) in [6.45, 7) is 6.56. The SMILES string of the molecule is Cc1cc(CC(C)C)nc(NCc2cn(-c3ccc(Cl)c(C(F)F)c3)nn2)n1. The Kier molecular flexibility index (Phi) is 6.18. The van der Waals surface area contributed by atoms with Gasteiger partial charge in [-0.1, -0.05) is 30.7 Å². The zero-order chi connectivity index (χ0) is 20.3. The van der Waals surface area contributed by atoms with Crippen molar-refractivity contribution in [2.45, 2.75) is 40.2 Å². The quantitative estimate of drug-likeness (QED) is 0.612. The van der Waals surface area contributed by atoms with Crippen LogP contribution < -0.4 is 5.32 Å². The fourth-order valence-corrected chi connectivity index (χ4v) is 2.95. The van der Waals surface area contributed by atoms with Crippen LogP contribution in [0.15, 0.2) is 30.5 Å². The van der Waals surface area contributed by atoms with E-state index in [1.165, 1.54) is 16.8 Å². The molecule has 0 spiro atoms. The van der Waals surface area contributed by atoms with Gasteiger partial charge in [0, 0.05) is 22.0 Å². The molecule has 2 heterocycles. The molecule has 2 aromatic heterocycles. The maximum atomic E-state index is 13.0. The number of aromatic nitrogens is 5. The Morgan fingerprint density at radius 2 is 1.93 bits per heavy atom. The first-order chi connectivity index (χ1) is 13.3. The van der Waals surface area contributed by atoms with Gasteiger partial charge < -0.3 is 5.32 Å². The molecule has 0 atom stereocenters. The van der Waals surface area contributed by atoms with Crippen molar-refractivity contribution in [2.24, 2.45) is 5.92 Å². The summed E-state index contributed by atoms with van der Waals surface area (Å²) in [7, 11) is 0. The molecule has 1 N–H and O–H groups in total. The van der Waals surface area contributed by atoms with Crippen LogP contribution in [0.4, 0.5) is 14.7 Å². The van der Waals surface area contributed by atoms with E-state index in [4.69, 9.17) is 11.6 Å². The average molecular weight is 407 g/mol. The van der Waals surface area contributed by atoms with E-state index in [0.29, 0.717) is 29.8 Å². The van der Waals surface area contributed by atoms with Crippen LogP contribution in [-0.4, -0.2) is 25.0 Å². The van der Waals surface area contributed by atoms with Crippen LogP contribution in [-0.2, 0) is 13.0 Å². The van der Waals surface area contributed by atoms with Gasteiger partial charge in [-0.05, 0) is 43.5 Å². The number of alkyl halides is 2. The minimum atomic E-state index is -2.66. The summed E-state index contributed by atoms with van der Waals surface area (Å²) in [5.74, 6) is 1.02. The van der Waals surface area contributed by atoms with Crippen LogP contribution in [0.5, 0.6) is 0 Å². The molecule has 0 amide bonds. The molecule has 1 aromatic carbocycles. The predicted octanol–water partition coefficient (Wildman–Crippen LogP) is 4.77. The van der Waals surface area contributed by atoms with Crippen LogP contribution in [0, 0.1) is 12.8 Å². The number of nitrogens with zero attached hydrogens (tertiary/aromatic N) is 5. The summed E-state index contributed by atoms with van der Waals surface area (Å²) >= 11 is 5.81.